The molecule has 2 aliphatic heterocycles. The van der Waals surface area contributed by atoms with Gasteiger partial charge in [0.25, 0.3) is 5.91 Å². The number of aromatic nitrogens is 2. The predicted molar refractivity (Wildman–Crippen MR) is 144 cm³/mol. The van der Waals surface area contributed by atoms with Gasteiger partial charge in [0, 0.05) is 49.8 Å². The van der Waals surface area contributed by atoms with Crippen LogP contribution in [0, 0.1) is 0 Å². The van der Waals surface area contributed by atoms with Crippen molar-refractivity contribution in [1.29, 1.82) is 0 Å². The second kappa shape index (κ2) is 11.3. The van der Waals surface area contributed by atoms with Crippen molar-refractivity contribution in [3.63, 3.8) is 0 Å². The van der Waals surface area contributed by atoms with Gasteiger partial charge in [-0.2, -0.15) is 0 Å². The van der Waals surface area contributed by atoms with Crippen LogP contribution < -0.4 is 5.32 Å². The fourth-order valence-corrected chi connectivity index (χ4v) is 5.34. The summed E-state index contributed by atoms with van der Waals surface area (Å²) in [6.07, 6.45) is 5.49. The molecule has 1 saturated heterocycles. The van der Waals surface area contributed by atoms with Gasteiger partial charge in [-0.3, -0.25) is 14.5 Å². The highest BCUT2D eigenvalue weighted by molar-refractivity contribution is 5.94. The first-order valence-corrected chi connectivity index (χ1v) is 13.2. The molecule has 192 valence electrons. The standard InChI is InChI=1S/C30H35N5O2/c1-34(2)14-12-32-30(37)25-17-22-15-23(18-25)20-35-13-4-7-27(35)28(36)9-8-21-5-3-6-24(16-21)26-10-11-31-29(19-22)33-26/h3,5-6,10-11,15-18,27H,4,7-9,12-14,19-20H2,1-2H3,(H,32,37)/t27-/m1/s1. The maximum atomic E-state index is 13.3. The molecule has 2 aromatic carbocycles. The van der Waals surface area contributed by atoms with E-state index >= 15 is 0 Å². The molecule has 2 aliphatic rings. The quantitative estimate of drug-likeness (QED) is 0.595. The highest BCUT2D eigenvalue weighted by Crippen LogP contribution is 2.26. The van der Waals surface area contributed by atoms with Crippen LogP contribution in [0.2, 0.25) is 0 Å². The van der Waals surface area contributed by atoms with E-state index in [1.54, 1.807) is 6.20 Å². The van der Waals surface area contributed by atoms with Crippen LogP contribution in [-0.4, -0.2) is 71.2 Å². The summed E-state index contributed by atoms with van der Waals surface area (Å²) in [6.45, 7) is 2.90. The number of ketones is 1. The summed E-state index contributed by atoms with van der Waals surface area (Å²) in [7, 11) is 3.98. The number of nitrogens with zero attached hydrogens (tertiary/aromatic N) is 4. The number of aryl methyl sites for hydroxylation is 1. The molecule has 1 fully saturated rings. The summed E-state index contributed by atoms with van der Waals surface area (Å²) in [5.41, 5.74) is 5.72. The highest BCUT2D eigenvalue weighted by Gasteiger charge is 2.30. The number of Topliss-reactive ketones (excluding diaryl/α,β-unsaturated/α-hetero) is 1. The molecular weight excluding hydrogens is 462 g/mol. The van der Waals surface area contributed by atoms with Crippen molar-refractivity contribution in [2.75, 3.05) is 33.7 Å². The molecule has 6 bridgehead atoms. The van der Waals surface area contributed by atoms with Crippen LogP contribution >= 0.6 is 0 Å². The van der Waals surface area contributed by atoms with Crippen LogP contribution in [0.1, 0.15) is 52.1 Å². The van der Waals surface area contributed by atoms with Gasteiger partial charge in [0.05, 0.1) is 11.7 Å². The highest BCUT2D eigenvalue weighted by atomic mass is 16.1. The monoisotopic (exact) mass is 497 g/mol. The van der Waals surface area contributed by atoms with E-state index in [9.17, 15) is 9.59 Å². The molecule has 0 aliphatic carbocycles. The number of likely N-dealkylation sites (N-methyl/N-ethyl adjacent to an activating group) is 1. The van der Waals surface area contributed by atoms with Gasteiger partial charge < -0.3 is 10.2 Å². The molecule has 0 radical (unpaired) electrons. The van der Waals surface area contributed by atoms with Gasteiger partial charge in [-0.05, 0) is 80.9 Å². The van der Waals surface area contributed by atoms with Crippen LogP contribution in [0.5, 0.6) is 0 Å². The molecule has 0 saturated carbocycles. The molecule has 3 aromatic rings. The Morgan fingerprint density at radius 3 is 2.81 bits per heavy atom. The van der Waals surface area contributed by atoms with Gasteiger partial charge >= 0.3 is 0 Å². The maximum Gasteiger partial charge on any atom is 0.251 e. The normalized spacial score (nSPS) is 18.0. The van der Waals surface area contributed by atoms with Gasteiger partial charge in [0.1, 0.15) is 11.6 Å². The van der Waals surface area contributed by atoms with Crippen molar-refractivity contribution >= 4 is 11.7 Å². The molecule has 1 amide bonds. The molecule has 0 unspecified atom stereocenters. The van der Waals surface area contributed by atoms with E-state index in [1.165, 1.54) is 0 Å². The van der Waals surface area contributed by atoms with Crippen LogP contribution in [0.3, 0.4) is 0 Å². The second-order valence-electron chi connectivity index (χ2n) is 10.4. The zero-order valence-corrected chi connectivity index (χ0v) is 21.7. The Balaban J connectivity index is 1.52. The molecule has 7 heteroatoms. The third-order valence-corrected chi connectivity index (χ3v) is 7.23. The Kier molecular flexibility index (Phi) is 7.72. The summed E-state index contributed by atoms with van der Waals surface area (Å²) in [5.74, 6) is 0.942. The summed E-state index contributed by atoms with van der Waals surface area (Å²) in [4.78, 5) is 40.0. The topological polar surface area (TPSA) is 78.4 Å². The smallest absolute Gasteiger partial charge is 0.251 e. The van der Waals surface area contributed by atoms with Crippen LogP contribution in [0.15, 0.2) is 54.7 Å². The number of hydrogen-bond donors (Lipinski definition) is 1. The summed E-state index contributed by atoms with van der Waals surface area (Å²) < 4.78 is 0. The molecule has 1 atom stereocenters. The number of nitrogens with one attached hydrogen (secondary N) is 1. The zero-order valence-electron chi connectivity index (χ0n) is 21.7. The second-order valence-corrected chi connectivity index (χ2v) is 10.4. The minimum absolute atomic E-state index is 0.0619. The van der Waals surface area contributed by atoms with Gasteiger partial charge in [-0.25, -0.2) is 9.97 Å². The van der Waals surface area contributed by atoms with Crippen molar-refractivity contribution in [3.05, 3.63) is 82.8 Å². The predicted octanol–water partition coefficient (Wildman–Crippen LogP) is 3.51. The van der Waals surface area contributed by atoms with E-state index in [0.29, 0.717) is 37.3 Å². The maximum absolute atomic E-state index is 13.3. The number of hydrogen-bond acceptors (Lipinski definition) is 6. The third kappa shape index (κ3) is 6.29. The van der Waals surface area contributed by atoms with Gasteiger partial charge in [0.15, 0.2) is 0 Å². The molecule has 1 N–H and O–H groups in total. The average molecular weight is 498 g/mol. The number of carbonyl (C=O) groups excluding carboxylic acids is 2. The molecule has 3 heterocycles. The Bertz CT molecular complexity index is 1290. The first-order chi connectivity index (χ1) is 17.9. The van der Waals surface area contributed by atoms with Crippen LogP contribution in [-0.2, 0) is 24.2 Å². The van der Waals surface area contributed by atoms with Crippen LogP contribution in [0.4, 0.5) is 0 Å². The summed E-state index contributed by atoms with van der Waals surface area (Å²) >= 11 is 0. The van der Waals surface area contributed by atoms with E-state index in [2.05, 4.69) is 39.5 Å². The van der Waals surface area contributed by atoms with E-state index in [4.69, 9.17) is 4.98 Å². The van der Waals surface area contributed by atoms with E-state index in [0.717, 1.165) is 66.1 Å². The lowest BCUT2D eigenvalue weighted by Gasteiger charge is -2.24. The molecule has 37 heavy (non-hydrogen) atoms. The Hall–Kier alpha value is -3.42. The van der Waals surface area contributed by atoms with Crippen molar-refractivity contribution in [2.24, 2.45) is 0 Å². The van der Waals surface area contributed by atoms with Gasteiger partial charge in [-0.1, -0.05) is 24.3 Å². The molecular formula is C30H35N5O2. The first-order valence-electron chi connectivity index (χ1n) is 13.2. The lowest BCUT2D eigenvalue weighted by atomic mass is 9.98. The summed E-state index contributed by atoms with van der Waals surface area (Å²) in [6, 6.07) is 16.2. The molecule has 0 spiro atoms. The molecule has 5 rings (SSSR count). The van der Waals surface area contributed by atoms with Crippen molar-refractivity contribution in [1.82, 2.24) is 25.1 Å². The van der Waals surface area contributed by atoms with E-state index < -0.39 is 0 Å². The number of amides is 1. The van der Waals surface area contributed by atoms with Crippen molar-refractivity contribution in [2.45, 2.75) is 44.7 Å². The van der Waals surface area contributed by atoms with E-state index in [-0.39, 0.29) is 11.9 Å². The van der Waals surface area contributed by atoms with Gasteiger partial charge in [0.2, 0.25) is 0 Å². The minimum atomic E-state index is -0.0834. The third-order valence-electron chi connectivity index (χ3n) is 7.23. The fraction of sp³-hybridized carbons (Fsp3) is 0.400. The largest absolute Gasteiger partial charge is 0.351 e. The fourth-order valence-electron chi connectivity index (χ4n) is 5.34. The molecule has 7 nitrogen and oxygen atoms in total. The number of rotatable bonds is 4. The SMILES string of the molecule is CN(C)CCNC(=O)c1cc2cc(c1)CN1CCC[C@@H]1C(=O)CCc1cccc(c1)-c1ccnc(n1)C2. The summed E-state index contributed by atoms with van der Waals surface area (Å²) in [5, 5.41) is 3.04. The van der Waals surface area contributed by atoms with Crippen molar-refractivity contribution in [3.8, 4) is 11.3 Å². The minimum Gasteiger partial charge on any atom is -0.351 e. The van der Waals surface area contributed by atoms with E-state index in [1.807, 2.05) is 43.3 Å². The van der Waals surface area contributed by atoms with Crippen molar-refractivity contribution < 1.29 is 9.59 Å². The molecule has 1 aromatic heterocycles. The lowest BCUT2D eigenvalue weighted by molar-refractivity contribution is -0.123. The lowest BCUT2D eigenvalue weighted by Crippen LogP contribution is -2.36. The Labute approximate surface area is 218 Å². The Morgan fingerprint density at radius 2 is 1.95 bits per heavy atom. The first kappa shape index (κ1) is 25.2. The Morgan fingerprint density at radius 1 is 1.08 bits per heavy atom. The number of fused-ring (bicyclic) bond motifs is 8. The number of carbonyl (C=O) groups is 2. The number of benzene rings is 2. The average Bonchev–Trinajstić information content (AvgIpc) is 3.35. The van der Waals surface area contributed by atoms with Crippen LogP contribution in [0.25, 0.3) is 11.3 Å². The zero-order chi connectivity index (χ0) is 25.8. The van der Waals surface area contributed by atoms with Gasteiger partial charge in [-0.15, -0.1) is 0 Å².